The monoisotopic (exact) mass is 312 g/mol. The molecule has 5 heteroatoms. The fraction of sp³-hybridized carbons (Fsp3) is 0.222. The van der Waals surface area contributed by atoms with Crippen LogP contribution in [-0.2, 0) is 9.59 Å². The molecule has 120 valence electrons. The Morgan fingerprint density at radius 2 is 1.78 bits per heavy atom. The molecule has 0 saturated carbocycles. The summed E-state index contributed by atoms with van der Waals surface area (Å²) < 4.78 is 0. The van der Waals surface area contributed by atoms with E-state index in [0.717, 1.165) is 11.1 Å². The number of aliphatic hydroxyl groups is 1. The quantitative estimate of drug-likeness (QED) is 0.740. The molecule has 0 aliphatic carbocycles. The minimum atomic E-state index is -0.718. The highest BCUT2D eigenvalue weighted by Crippen LogP contribution is 2.14. The Morgan fingerprint density at radius 1 is 1.04 bits per heavy atom. The first kappa shape index (κ1) is 16.7. The number of rotatable bonds is 5. The van der Waals surface area contributed by atoms with Crippen molar-refractivity contribution < 1.29 is 14.7 Å². The molecule has 2 amide bonds. The van der Waals surface area contributed by atoms with Crippen LogP contribution in [0.2, 0.25) is 0 Å². The average molecular weight is 312 g/mol. The van der Waals surface area contributed by atoms with Gasteiger partial charge >= 0.3 is 11.8 Å². The Balaban J connectivity index is 1.77. The summed E-state index contributed by atoms with van der Waals surface area (Å²) >= 11 is 0. The van der Waals surface area contributed by atoms with E-state index in [4.69, 9.17) is 0 Å². The summed E-state index contributed by atoms with van der Waals surface area (Å²) in [7, 11) is 0. The highest BCUT2D eigenvalue weighted by Gasteiger charge is 2.14. The van der Waals surface area contributed by atoms with Crippen LogP contribution in [0, 0.1) is 6.92 Å². The largest absolute Gasteiger partial charge is 0.388 e. The van der Waals surface area contributed by atoms with Gasteiger partial charge in [0.1, 0.15) is 0 Å². The molecule has 0 aliphatic heterocycles. The van der Waals surface area contributed by atoms with Gasteiger partial charge in [-0.1, -0.05) is 42.5 Å². The summed E-state index contributed by atoms with van der Waals surface area (Å²) in [6.07, 6.45) is -0.329. The second kappa shape index (κ2) is 8.10. The third-order valence-electron chi connectivity index (χ3n) is 3.37. The number of hydrogen-bond acceptors (Lipinski definition) is 3. The lowest BCUT2D eigenvalue weighted by atomic mass is 10.1. The van der Waals surface area contributed by atoms with Gasteiger partial charge in [0.05, 0.1) is 6.10 Å². The molecular formula is C18H20N2O3. The van der Waals surface area contributed by atoms with Crippen LogP contribution in [0.5, 0.6) is 0 Å². The van der Waals surface area contributed by atoms with Gasteiger partial charge in [-0.2, -0.15) is 0 Å². The van der Waals surface area contributed by atoms with Crippen LogP contribution < -0.4 is 10.6 Å². The Kier molecular flexibility index (Phi) is 5.88. The lowest BCUT2D eigenvalue weighted by Gasteiger charge is -2.11. The Morgan fingerprint density at radius 3 is 2.48 bits per heavy atom. The molecule has 2 aromatic rings. The topological polar surface area (TPSA) is 78.4 Å². The van der Waals surface area contributed by atoms with Gasteiger partial charge in [-0.3, -0.25) is 9.59 Å². The van der Waals surface area contributed by atoms with E-state index in [9.17, 15) is 14.7 Å². The van der Waals surface area contributed by atoms with Gasteiger partial charge in [0.2, 0.25) is 0 Å². The molecule has 0 aromatic heterocycles. The molecule has 0 radical (unpaired) electrons. The van der Waals surface area contributed by atoms with Crippen LogP contribution in [-0.4, -0.2) is 23.5 Å². The number of amides is 2. The molecule has 3 N–H and O–H groups in total. The minimum Gasteiger partial charge on any atom is -0.388 e. The number of carbonyl (C=O) groups excluding carboxylic acids is 2. The molecule has 0 fully saturated rings. The SMILES string of the molecule is Cc1cccc(NC(=O)C(=O)NCCC(O)c2ccccc2)c1. The van der Waals surface area contributed by atoms with Crippen molar-refractivity contribution in [3.05, 3.63) is 65.7 Å². The Hall–Kier alpha value is -2.66. The average Bonchev–Trinajstić information content (AvgIpc) is 2.55. The lowest BCUT2D eigenvalue weighted by Crippen LogP contribution is -2.36. The predicted molar refractivity (Wildman–Crippen MR) is 88.8 cm³/mol. The Labute approximate surface area is 135 Å². The summed E-state index contributed by atoms with van der Waals surface area (Å²) in [5, 5.41) is 15.0. The van der Waals surface area contributed by atoms with E-state index in [0.29, 0.717) is 12.1 Å². The number of carbonyl (C=O) groups is 2. The first-order valence-electron chi connectivity index (χ1n) is 7.45. The normalized spacial score (nSPS) is 11.6. The summed E-state index contributed by atoms with van der Waals surface area (Å²) in [6.45, 7) is 2.12. The summed E-state index contributed by atoms with van der Waals surface area (Å²) in [4.78, 5) is 23.5. The molecule has 1 unspecified atom stereocenters. The summed E-state index contributed by atoms with van der Waals surface area (Å²) in [5.74, 6) is -1.43. The predicted octanol–water partition coefficient (Wildman–Crippen LogP) is 2.17. The maximum Gasteiger partial charge on any atom is 0.313 e. The van der Waals surface area contributed by atoms with E-state index in [1.54, 1.807) is 18.2 Å². The number of aryl methyl sites for hydroxylation is 1. The second-order valence-electron chi connectivity index (χ2n) is 5.29. The molecule has 0 aliphatic rings. The zero-order chi connectivity index (χ0) is 16.7. The van der Waals surface area contributed by atoms with Crippen LogP contribution >= 0.6 is 0 Å². The molecule has 0 saturated heterocycles. The number of benzene rings is 2. The standard InChI is InChI=1S/C18H20N2O3/c1-13-6-5-9-15(12-13)20-18(23)17(22)19-11-10-16(21)14-7-3-2-4-8-14/h2-9,12,16,21H,10-11H2,1H3,(H,19,22)(H,20,23). The molecule has 23 heavy (non-hydrogen) atoms. The van der Waals surface area contributed by atoms with Crippen LogP contribution in [0.1, 0.15) is 23.7 Å². The van der Waals surface area contributed by atoms with Crippen LogP contribution in [0.3, 0.4) is 0 Å². The molecule has 0 heterocycles. The second-order valence-corrected chi connectivity index (χ2v) is 5.29. The molecule has 0 spiro atoms. The van der Waals surface area contributed by atoms with Crippen molar-refractivity contribution in [1.29, 1.82) is 0 Å². The molecule has 0 bridgehead atoms. The van der Waals surface area contributed by atoms with Crippen LogP contribution in [0.15, 0.2) is 54.6 Å². The number of aliphatic hydroxyl groups excluding tert-OH is 1. The molecule has 5 nitrogen and oxygen atoms in total. The third-order valence-corrected chi connectivity index (χ3v) is 3.37. The van der Waals surface area contributed by atoms with Crippen molar-refractivity contribution >= 4 is 17.5 Å². The van der Waals surface area contributed by atoms with Gasteiger partial charge < -0.3 is 15.7 Å². The van der Waals surface area contributed by atoms with Gasteiger partial charge in [-0.15, -0.1) is 0 Å². The molecule has 2 rings (SSSR count). The first-order chi connectivity index (χ1) is 11.1. The maximum atomic E-state index is 11.8. The van der Waals surface area contributed by atoms with Gasteiger partial charge in [-0.05, 0) is 36.6 Å². The van der Waals surface area contributed by atoms with Gasteiger partial charge in [-0.25, -0.2) is 0 Å². The number of hydrogen-bond donors (Lipinski definition) is 3. The van der Waals surface area contributed by atoms with Crippen LogP contribution in [0.25, 0.3) is 0 Å². The molecular weight excluding hydrogens is 292 g/mol. The third kappa shape index (κ3) is 5.23. The highest BCUT2D eigenvalue weighted by atomic mass is 16.3. The van der Waals surface area contributed by atoms with Crippen molar-refractivity contribution in [2.45, 2.75) is 19.4 Å². The summed E-state index contributed by atoms with van der Waals surface area (Å²) in [5.41, 5.74) is 2.36. The van der Waals surface area contributed by atoms with E-state index in [1.165, 1.54) is 0 Å². The zero-order valence-corrected chi connectivity index (χ0v) is 13.0. The lowest BCUT2D eigenvalue weighted by molar-refractivity contribution is -0.136. The molecule has 1 atom stereocenters. The fourth-order valence-corrected chi connectivity index (χ4v) is 2.16. The van der Waals surface area contributed by atoms with E-state index in [1.807, 2.05) is 43.3 Å². The molecule has 2 aromatic carbocycles. The number of anilines is 1. The van der Waals surface area contributed by atoms with Crippen molar-refractivity contribution in [2.75, 3.05) is 11.9 Å². The van der Waals surface area contributed by atoms with Crippen LogP contribution in [0.4, 0.5) is 5.69 Å². The van der Waals surface area contributed by atoms with E-state index in [2.05, 4.69) is 10.6 Å². The minimum absolute atomic E-state index is 0.218. The van der Waals surface area contributed by atoms with Crippen molar-refractivity contribution in [1.82, 2.24) is 5.32 Å². The van der Waals surface area contributed by atoms with E-state index in [-0.39, 0.29) is 6.54 Å². The van der Waals surface area contributed by atoms with Gasteiger partial charge in [0, 0.05) is 12.2 Å². The van der Waals surface area contributed by atoms with Crippen molar-refractivity contribution in [2.24, 2.45) is 0 Å². The zero-order valence-electron chi connectivity index (χ0n) is 13.0. The fourth-order valence-electron chi connectivity index (χ4n) is 2.16. The Bertz CT molecular complexity index is 671. The van der Waals surface area contributed by atoms with Crippen molar-refractivity contribution in [3.63, 3.8) is 0 Å². The van der Waals surface area contributed by atoms with Gasteiger partial charge in [0.25, 0.3) is 0 Å². The summed E-state index contributed by atoms with van der Waals surface area (Å²) in [6, 6.07) is 16.4. The smallest absolute Gasteiger partial charge is 0.313 e. The van der Waals surface area contributed by atoms with Gasteiger partial charge in [0.15, 0.2) is 0 Å². The number of nitrogens with one attached hydrogen (secondary N) is 2. The van der Waals surface area contributed by atoms with E-state index >= 15 is 0 Å². The first-order valence-corrected chi connectivity index (χ1v) is 7.45. The highest BCUT2D eigenvalue weighted by molar-refractivity contribution is 6.39. The van der Waals surface area contributed by atoms with E-state index < -0.39 is 17.9 Å². The van der Waals surface area contributed by atoms with Crippen molar-refractivity contribution in [3.8, 4) is 0 Å². The maximum absolute atomic E-state index is 11.8.